The second-order valence-corrected chi connectivity index (χ2v) is 3.70. The molecule has 2 nitrogen and oxygen atoms in total. The molecular weight excluding hydrogens is 150 g/mol. The molecule has 0 aliphatic heterocycles. The highest BCUT2D eigenvalue weighted by atomic mass is 16.3. The van der Waals surface area contributed by atoms with E-state index in [0.717, 1.165) is 17.9 Å². The standard InChI is InChI=1S/C10H15NO/c11-10(6-8-2-1-3-8)9-4-5-12-7-9/h4-5,7-8,10H,1-3,6,11H2. The van der Waals surface area contributed by atoms with Crippen LogP contribution in [0.5, 0.6) is 0 Å². The molecule has 1 aromatic heterocycles. The molecule has 0 aromatic carbocycles. The van der Waals surface area contributed by atoms with Gasteiger partial charge in [-0.1, -0.05) is 19.3 Å². The van der Waals surface area contributed by atoms with Crippen molar-refractivity contribution in [3.8, 4) is 0 Å². The maximum atomic E-state index is 5.99. The quantitative estimate of drug-likeness (QED) is 0.747. The van der Waals surface area contributed by atoms with Gasteiger partial charge >= 0.3 is 0 Å². The number of nitrogens with two attached hydrogens (primary N) is 1. The fraction of sp³-hybridized carbons (Fsp3) is 0.600. The molecule has 1 aromatic rings. The second kappa shape index (κ2) is 3.31. The van der Waals surface area contributed by atoms with Crippen LogP contribution in [0.25, 0.3) is 0 Å². The second-order valence-electron chi connectivity index (χ2n) is 3.70. The van der Waals surface area contributed by atoms with E-state index >= 15 is 0 Å². The van der Waals surface area contributed by atoms with Crippen molar-refractivity contribution in [3.05, 3.63) is 24.2 Å². The minimum atomic E-state index is 0.189. The maximum absolute atomic E-state index is 5.99. The summed E-state index contributed by atoms with van der Waals surface area (Å²) >= 11 is 0. The van der Waals surface area contributed by atoms with Crippen molar-refractivity contribution in [1.82, 2.24) is 0 Å². The highest BCUT2D eigenvalue weighted by Gasteiger charge is 2.21. The van der Waals surface area contributed by atoms with E-state index in [1.807, 2.05) is 6.07 Å². The van der Waals surface area contributed by atoms with Gasteiger partial charge in [-0.05, 0) is 18.4 Å². The molecule has 0 bridgehead atoms. The monoisotopic (exact) mass is 165 g/mol. The third-order valence-corrected chi connectivity index (χ3v) is 2.78. The highest BCUT2D eigenvalue weighted by Crippen LogP contribution is 2.33. The lowest BCUT2D eigenvalue weighted by molar-refractivity contribution is 0.277. The predicted molar refractivity (Wildman–Crippen MR) is 47.6 cm³/mol. The van der Waals surface area contributed by atoms with Gasteiger partial charge in [-0.2, -0.15) is 0 Å². The summed E-state index contributed by atoms with van der Waals surface area (Å²) in [7, 11) is 0. The minimum absolute atomic E-state index is 0.189. The van der Waals surface area contributed by atoms with Crippen molar-refractivity contribution < 1.29 is 4.42 Å². The third kappa shape index (κ3) is 1.53. The summed E-state index contributed by atoms with van der Waals surface area (Å²) in [6, 6.07) is 2.15. The molecule has 1 aliphatic carbocycles. The largest absolute Gasteiger partial charge is 0.472 e. The van der Waals surface area contributed by atoms with E-state index in [2.05, 4.69) is 0 Å². The molecule has 0 radical (unpaired) electrons. The fourth-order valence-corrected chi connectivity index (χ4v) is 1.71. The van der Waals surface area contributed by atoms with Crippen LogP contribution in [-0.4, -0.2) is 0 Å². The first-order valence-corrected chi connectivity index (χ1v) is 4.64. The topological polar surface area (TPSA) is 39.2 Å². The van der Waals surface area contributed by atoms with Gasteiger partial charge in [-0.25, -0.2) is 0 Å². The number of furan rings is 1. The van der Waals surface area contributed by atoms with Crippen LogP contribution in [-0.2, 0) is 0 Å². The van der Waals surface area contributed by atoms with Crippen molar-refractivity contribution in [2.75, 3.05) is 0 Å². The van der Waals surface area contributed by atoms with Gasteiger partial charge < -0.3 is 10.2 Å². The molecule has 2 rings (SSSR count). The Hall–Kier alpha value is -0.760. The van der Waals surface area contributed by atoms with E-state index in [1.165, 1.54) is 19.3 Å². The Labute approximate surface area is 72.7 Å². The highest BCUT2D eigenvalue weighted by molar-refractivity contribution is 5.10. The fourth-order valence-electron chi connectivity index (χ4n) is 1.71. The Bertz CT molecular complexity index is 226. The molecular formula is C10H15NO. The summed E-state index contributed by atoms with van der Waals surface area (Å²) in [5, 5.41) is 0. The Morgan fingerprint density at radius 3 is 2.92 bits per heavy atom. The summed E-state index contributed by atoms with van der Waals surface area (Å²) in [6.07, 6.45) is 8.69. The van der Waals surface area contributed by atoms with Crippen molar-refractivity contribution in [2.45, 2.75) is 31.7 Å². The lowest BCUT2D eigenvalue weighted by atomic mass is 9.80. The molecule has 1 unspecified atom stereocenters. The zero-order chi connectivity index (χ0) is 8.39. The van der Waals surface area contributed by atoms with Crippen LogP contribution in [0.3, 0.4) is 0 Å². The van der Waals surface area contributed by atoms with Gasteiger partial charge in [0, 0.05) is 11.6 Å². The van der Waals surface area contributed by atoms with Crippen molar-refractivity contribution >= 4 is 0 Å². The van der Waals surface area contributed by atoms with Crippen LogP contribution in [0.15, 0.2) is 23.0 Å². The first kappa shape index (κ1) is 7.87. The van der Waals surface area contributed by atoms with Crippen LogP contribution >= 0.6 is 0 Å². The molecule has 1 fully saturated rings. The molecule has 2 heteroatoms. The van der Waals surface area contributed by atoms with E-state index in [-0.39, 0.29) is 6.04 Å². The van der Waals surface area contributed by atoms with Gasteiger partial charge in [-0.3, -0.25) is 0 Å². The predicted octanol–water partition coefficient (Wildman–Crippen LogP) is 2.47. The summed E-state index contributed by atoms with van der Waals surface area (Å²) in [5.74, 6) is 0.870. The lowest BCUT2D eigenvalue weighted by Gasteiger charge is -2.27. The average Bonchev–Trinajstić information content (AvgIpc) is 2.47. The summed E-state index contributed by atoms with van der Waals surface area (Å²) in [5.41, 5.74) is 7.13. The Kier molecular flexibility index (Phi) is 2.17. The van der Waals surface area contributed by atoms with Gasteiger partial charge in [-0.15, -0.1) is 0 Å². The van der Waals surface area contributed by atoms with E-state index in [4.69, 9.17) is 10.2 Å². The van der Waals surface area contributed by atoms with Gasteiger partial charge in [0.2, 0.25) is 0 Å². The summed E-state index contributed by atoms with van der Waals surface area (Å²) in [6.45, 7) is 0. The molecule has 12 heavy (non-hydrogen) atoms. The third-order valence-electron chi connectivity index (χ3n) is 2.78. The first-order chi connectivity index (χ1) is 5.86. The lowest BCUT2D eigenvalue weighted by Crippen LogP contribution is -2.19. The molecule has 1 heterocycles. The zero-order valence-corrected chi connectivity index (χ0v) is 7.20. The zero-order valence-electron chi connectivity index (χ0n) is 7.20. The molecule has 1 saturated carbocycles. The van der Waals surface area contributed by atoms with Crippen LogP contribution in [0.1, 0.15) is 37.3 Å². The van der Waals surface area contributed by atoms with Crippen molar-refractivity contribution in [2.24, 2.45) is 11.7 Å². The normalized spacial score (nSPS) is 20.4. The van der Waals surface area contributed by atoms with Crippen LogP contribution < -0.4 is 5.73 Å². The average molecular weight is 165 g/mol. The molecule has 2 N–H and O–H groups in total. The van der Waals surface area contributed by atoms with Gasteiger partial charge in [0.15, 0.2) is 0 Å². The van der Waals surface area contributed by atoms with Gasteiger partial charge in [0.05, 0.1) is 12.5 Å². The van der Waals surface area contributed by atoms with Gasteiger partial charge in [0.25, 0.3) is 0 Å². The smallest absolute Gasteiger partial charge is 0.0950 e. The Balaban J connectivity index is 1.87. The van der Waals surface area contributed by atoms with Crippen molar-refractivity contribution in [1.29, 1.82) is 0 Å². The molecule has 66 valence electrons. The molecule has 0 spiro atoms. The van der Waals surface area contributed by atoms with E-state index in [1.54, 1.807) is 12.5 Å². The molecule has 0 amide bonds. The summed E-state index contributed by atoms with van der Waals surface area (Å²) < 4.78 is 4.99. The molecule has 0 saturated heterocycles. The SMILES string of the molecule is NC(CC1CCC1)c1ccoc1. The minimum Gasteiger partial charge on any atom is -0.472 e. The van der Waals surface area contributed by atoms with Crippen LogP contribution in [0, 0.1) is 5.92 Å². The van der Waals surface area contributed by atoms with E-state index in [0.29, 0.717) is 0 Å². The Morgan fingerprint density at radius 1 is 1.58 bits per heavy atom. The van der Waals surface area contributed by atoms with Crippen molar-refractivity contribution in [3.63, 3.8) is 0 Å². The Morgan fingerprint density at radius 2 is 2.42 bits per heavy atom. The number of rotatable bonds is 3. The molecule has 1 atom stereocenters. The number of hydrogen-bond donors (Lipinski definition) is 1. The first-order valence-electron chi connectivity index (χ1n) is 4.64. The summed E-state index contributed by atoms with van der Waals surface area (Å²) in [4.78, 5) is 0. The molecule has 1 aliphatic rings. The maximum Gasteiger partial charge on any atom is 0.0950 e. The number of hydrogen-bond acceptors (Lipinski definition) is 2. The van der Waals surface area contributed by atoms with Crippen LogP contribution in [0.2, 0.25) is 0 Å². The van der Waals surface area contributed by atoms with E-state index < -0.39 is 0 Å². The van der Waals surface area contributed by atoms with E-state index in [9.17, 15) is 0 Å². The van der Waals surface area contributed by atoms with Gasteiger partial charge in [0.1, 0.15) is 0 Å². The van der Waals surface area contributed by atoms with Crippen LogP contribution in [0.4, 0.5) is 0 Å².